The number of carbonyl (C=O) groups is 3. The summed E-state index contributed by atoms with van der Waals surface area (Å²) in [6, 6.07) is 7.81. The smallest absolute Gasteiger partial charge is 0.408 e. The number of ether oxygens (including phenoxy) is 1. The van der Waals surface area contributed by atoms with Gasteiger partial charge in [0.2, 0.25) is 11.8 Å². The Labute approximate surface area is 162 Å². The lowest BCUT2D eigenvalue weighted by molar-refractivity contribution is -0.122. The van der Waals surface area contributed by atoms with E-state index in [9.17, 15) is 14.4 Å². The zero-order valence-corrected chi connectivity index (χ0v) is 16.9. The van der Waals surface area contributed by atoms with Crippen molar-refractivity contribution in [2.75, 3.05) is 19.6 Å². The molecule has 0 radical (unpaired) electrons. The van der Waals surface area contributed by atoms with Crippen LogP contribution in [0.5, 0.6) is 0 Å². The van der Waals surface area contributed by atoms with Crippen molar-refractivity contribution < 1.29 is 19.1 Å². The molecule has 0 saturated heterocycles. The van der Waals surface area contributed by atoms with E-state index in [1.165, 1.54) is 0 Å². The fourth-order valence-corrected chi connectivity index (χ4v) is 2.19. The summed E-state index contributed by atoms with van der Waals surface area (Å²) in [5.74, 6) is -0.422. The molecule has 0 aliphatic rings. The molecule has 0 spiro atoms. The first-order valence-electron chi connectivity index (χ1n) is 8.40. The molecule has 3 amide bonds. The van der Waals surface area contributed by atoms with Gasteiger partial charge < -0.3 is 20.7 Å². The molecule has 1 aromatic carbocycles. The van der Waals surface area contributed by atoms with Gasteiger partial charge in [-0.05, 0) is 44.9 Å². The molecule has 1 aromatic rings. The molecule has 26 heavy (non-hydrogen) atoms. The number of nitrogens with one attached hydrogen (secondary N) is 3. The fraction of sp³-hybridized carbons (Fsp3) is 0.500. The summed E-state index contributed by atoms with van der Waals surface area (Å²) >= 11 is 3.37. The van der Waals surface area contributed by atoms with Crippen molar-refractivity contribution in [3.63, 3.8) is 0 Å². The number of aryl methyl sites for hydroxylation is 1. The van der Waals surface area contributed by atoms with E-state index in [2.05, 4.69) is 31.9 Å². The lowest BCUT2D eigenvalue weighted by Crippen LogP contribution is -2.42. The van der Waals surface area contributed by atoms with Gasteiger partial charge >= 0.3 is 6.09 Å². The van der Waals surface area contributed by atoms with Gasteiger partial charge in [-0.25, -0.2) is 4.79 Å². The molecule has 0 atom stereocenters. The summed E-state index contributed by atoms with van der Waals surface area (Å²) in [5.41, 5.74) is 0.478. The van der Waals surface area contributed by atoms with Gasteiger partial charge in [-0.15, -0.1) is 0 Å². The van der Waals surface area contributed by atoms with Crippen molar-refractivity contribution in [2.45, 2.75) is 39.2 Å². The molecule has 0 saturated carbocycles. The third kappa shape index (κ3) is 10.7. The van der Waals surface area contributed by atoms with Crippen LogP contribution in [0.2, 0.25) is 0 Å². The van der Waals surface area contributed by atoms with Gasteiger partial charge in [-0.1, -0.05) is 28.1 Å². The highest BCUT2D eigenvalue weighted by Gasteiger charge is 2.16. The average Bonchev–Trinajstić information content (AvgIpc) is 2.55. The van der Waals surface area contributed by atoms with Crippen LogP contribution < -0.4 is 16.0 Å². The lowest BCUT2D eigenvalue weighted by atomic mass is 10.1. The quantitative estimate of drug-likeness (QED) is 0.553. The van der Waals surface area contributed by atoms with Crippen LogP contribution in [0.4, 0.5) is 4.79 Å². The fourth-order valence-electron chi connectivity index (χ4n) is 1.93. The van der Waals surface area contributed by atoms with Crippen LogP contribution in [0, 0.1) is 0 Å². The minimum Gasteiger partial charge on any atom is -0.444 e. The van der Waals surface area contributed by atoms with Crippen molar-refractivity contribution in [1.29, 1.82) is 0 Å². The number of amides is 3. The van der Waals surface area contributed by atoms with Crippen LogP contribution in [0.1, 0.15) is 32.8 Å². The summed E-state index contributed by atoms with van der Waals surface area (Å²) in [7, 11) is 0. The number of alkyl carbamates (subject to hydrolysis) is 1. The molecule has 0 heterocycles. The van der Waals surface area contributed by atoms with Crippen molar-refractivity contribution in [1.82, 2.24) is 16.0 Å². The van der Waals surface area contributed by atoms with E-state index >= 15 is 0 Å². The number of hydrogen-bond donors (Lipinski definition) is 3. The number of rotatable bonds is 8. The molecule has 1 rings (SSSR count). The van der Waals surface area contributed by atoms with E-state index in [0.29, 0.717) is 25.9 Å². The summed E-state index contributed by atoms with van der Waals surface area (Å²) in [6.07, 6.45) is 0.398. The zero-order valence-electron chi connectivity index (χ0n) is 15.4. The molecule has 7 nitrogen and oxygen atoms in total. The highest BCUT2D eigenvalue weighted by Crippen LogP contribution is 2.11. The molecule has 8 heteroatoms. The maximum Gasteiger partial charge on any atom is 0.408 e. The monoisotopic (exact) mass is 427 g/mol. The zero-order chi connectivity index (χ0) is 19.6. The number of halogens is 1. The van der Waals surface area contributed by atoms with Crippen LogP contribution >= 0.6 is 15.9 Å². The topological polar surface area (TPSA) is 96.5 Å². The van der Waals surface area contributed by atoms with Gasteiger partial charge in [-0.3, -0.25) is 9.59 Å². The Morgan fingerprint density at radius 3 is 2.12 bits per heavy atom. The van der Waals surface area contributed by atoms with Crippen molar-refractivity contribution in [2.24, 2.45) is 0 Å². The predicted octanol–water partition coefficient (Wildman–Crippen LogP) is 2.14. The Morgan fingerprint density at radius 1 is 0.962 bits per heavy atom. The summed E-state index contributed by atoms with van der Waals surface area (Å²) in [5, 5.41) is 7.71. The second kappa shape index (κ2) is 10.8. The van der Waals surface area contributed by atoms with Crippen LogP contribution in [-0.2, 0) is 20.7 Å². The van der Waals surface area contributed by atoms with Crippen LogP contribution in [0.25, 0.3) is 0 Å². The first-order chi connectivity index (χ1) is 12.2. The second-order valence-electron chi connectivity index (χ2n) is 6.68. The Kier molecular flexibility index (Phi) is 9.12. The van der Waals surface area contributed by atoms with Crippen LogP contribution in [0.3, 0.4) is 0 Å². The minimum atomic E-state index is -0.645. The van der Waals surface area contributed by atoms with E-state index in [0.717, 1.165) is 10.0 Å². The van der Waals surface area contributed by atoms with Gasteiger partial charge in [0.25, 0.3) is 0 Å². The summed E-state index contributed by atoms with van der Waals surface area (Å²) < 4.78 is 6.03. The van der Waals surface area contributed by atoms with Gasteiger partial charge in [0.1, 0.15) is 5.60 Å². The summed E-state index contributed by atoms with van der Waals surface area (Å²) in [6.45, 7) is 5.67. The second-order valence-corrected chi connectivity index (χ2v) is 7.60. The van der Waals surface area contributed by atoms with Gasteiger partial charge in [0.15, 0.2) is 0 Å². The summed E-state index contributed by atoms with van der Waals surface area (Å²) in [4.78, 5) is 34.8. The SMILES string of the molecule is CC(C)(C)OC(=O)NCC(=O)NCCNC(=O)CCc1ccc(Br)cc1. The first kappa shape index (κ1) is 22.0. The molecular formula is C18H26BrN3O4. The molecular weight excluding hydrogens is 402 g/mol. The van der Waals surface area contributed by atoms with Crippen LogP contribution in [0.15, 0.2) is 28.7 Å². The highest BCUT2D eigenvalue weighted by molar-refractivity contribution is 9.10. The highest BCUT2D eigenvalue weighted by atomic mass is 79.9. The number of benzene rings is 1. The Bertz CT molecular complexity index is 612. The maximum absolute atomic E-state index is 11.8. The van der Waals surface area contributed by atoms with Gasteiger partial charge in [0, 0.05) is 24.0 Å². The number of carbonyl (C=O) groups excluding carboxylic acids is 3. The normalized spacial score (nSPS) is 10.8. The molecule has 0 unspecified atom stereocenters. The molecule has 0 bridgehead atoms. The van der Waals surface area contributed by atoms with E-state index < -0.39 is 11.7 Å². The number of hydrogen-bond acceptors (Lipinski definition) is 4. The van der Waals surface area contributed by atoms with Gasteiger partial charge in [-0.2, -0.15) is 0 Å². The Balaban J connectivity index is 2.09. The maximum atomic E-state index is 11.8. The standard InChI is InChI=1S/C18H26BrN3O4/c1-18(2,3)26-17(25)22-12-16(24)21-11-10-20-15(23)9-6-13-4-7-14(19)8-5-13/h4-5,7-8H,6,9-12H2,1-3H3,(H,20,23)(H,21,24)(H,22,25). The van der Waals surface area contributed by atoms with E-state index in [4.69, 9.17) is 4.74 Å². The van der Waals surface area contributed by atoms with Crippen LogP contribution in [-0.4, -0.2) is 43.1 Å². The molecule has 0 fully saturated rings. The minimum absolute atomic E-state index is 0.0750. The predicted molar refractivity (Wildman–Crippen MR) is 103 cm³/mol. The molecule has 0 aromatic heterocycles. The third-order valence-corrected chi connectivity index (χ3v) is 3.64. The molecule has 3 N–H and O–H groups in total. The van der Waals surface area contributed by atoms with Crippen molar-refractivity contribution in [3.05, 3.63) is 34.3 Å². The average molecular weight is 428 g/mol. The van der Waals surface area contributed by atoms with Crippen molar-refractivity contribution in [3.8, 4) is 0 Å². The lowest BCUT2D eigenvalue weighted by Gasteiger charge is -2.19. The first-order valence-corrected chi connectivity index (χ1v) is 9.20. The third-order valence-electron chi connectivity index (χ3n) is 3.12. The molecule has 144 valence electrons. The van der Waals surface area contributed by atoms with E-state index in [1.54, 1.807) is 20.8 Å². The largest absolute Gasteiger partial charge is 0.444 e. The Hall–Kier alpha value is -2.09. The Morgan fingerprint density at radius 2 is 1.54 bits per heavy atom. The molecule has 0 aliphatic carbocycles. The van der Waals surface area contributed by atoms with Gasteiger partial charge in [0.05, 0.1) is 6.54 Å². The van der Waals surface area contributed by atoms with Crippen molar-refractivity contribution >= 4 is 33.8 Å². The molecule has 0 aliphatic heterocycles. The van der Waals surface area contributed by atoms with E-state index in [-0.39, 0.29) is 18.4 Å². The van der Waals surface area contributed by atoms with E-state index in [1.807, 2.05) is 24.3 Å².